The van der Waals surface area contributed by atoms with Gasteiger partial charge in [-0.2, -0.15) is 0 Å². The minimum atomic E-state index is 1.11. The average molecular weight is 676 g/mol. The van der Waals surface area contributed by atoms with Crippen LogP contribution in [0.2, 0.25) is 0 Å². The van der Waals surface area contributed by atoms with Crippen LogP contribution in [-0.4, -0.2) is 0 Å². The van der Waals surface area contributed by atoms with Crippen molar-refractivity contribution in [2.24, 2.45) is 0 Å². The summed E-state index contributed by atoms with van der Waals surface area (Å²) < 4.78 is 0. The van der Waals surface area contributed by atoms with Gasteiger partial charge in [-0.25, -0.2) is 0 Å². The smallest absolute Gasteiger partial charge is 0.0462 e. The van der Waals surface area contributed by atoms with Gasteiger partial charge in [-0.15, -0.1) is 0 Å². The molecule has 1 nitrogen and oxygen atoms in total. The number of hydrogen-bond acceptors (Lipinski definition) is 1. The molecular formula is C52H37N. The van der Waals surface area contributed by atoms with E-state index in [1.54, 1.807) is 0 Å². The van der Waals surface area contributed by atoms with Crippen LogP contribution in [0, 0.1) is 0 Å². The van der Waals surface area contributed by atoms with Gasteiger partial charge in [0, 0.05) is 17.1 Å². The summed E-state index contributed by atoms with van der Waals surface area (Å²) in [5.74, 6) is 0. The summed E-state index contributed by atoms with van der Waals surface area (Å²) in [6.45, 7) is 0. The quantitative estimate of drug-likeness (QED) is 0.155. The maximum Gasteiger partial charge on any atom is 0.0462 e. The van der Waals surface area contributed by atoms with E-state index in [0.29, 0.717) is 0 Å². The molecule has 9 aromatic carbocycles. The molecule has 0 unspecified atom stereocenters. The fraction of sp³-hybridized carbons (Fsp3) is 0. The number of anilines is 3. The van der Waals surface area contributed by atoms with Crippen molar-refractivity contribution in [1.82, 2.24) is 0 Å². The second kappa shape index (κ2) is 14.3. The summed E-state index contributed by atoms with van der Waals surface area (Å²) in [5, 5.41) is 2.54. The zero-order valence-corrected chi connectivity index (χ0v) is 29.3. The molecule has 0 heterocycles. The fourth-order valence-corrected chi connectivity index (χ4v) is 7.40. The Balaban J connectivity index is 1.02. The van der Waals surface area contributed by atoms with Crippen LogP contribution >= 0.6 is 0 Å². The van der Waals surface area contributed by atoms with Gasteiger partial charge in [0.25, 0.3) is 0 Å². The molecule has 0 bridgehead atoms. The molecule has 250 valence electrons. The van der Waals surface area contributed by atoms with Crippen LogP contribution in [0.4, 0.5) is 17.1 Å². The van der Waals surface area contributed by atoms with Crippen molar-refractivity contribution in [1.29, 1.82) is 0 Å². The Morgan fingerprint density at radius 1 is 0.226 bits per heavy atom. The number of rotatable bonds is 8. The molecule has 0 aliphatic rings. The van der Waals surface area contributed by atoms with Crippen molar-refractivity contribution in [3.05, 3.63) is 224 Å². The third-order valence-electron chi connectivity index (χ3n) is 10.1. The van der Waals surface area contributed by atoms with Crippen molar-refractivity contribution < 1.29 is 0 Å². The summed E-state index contributed by atoms with van der Waals surface area (Å²) in [5.41, 5.74) is 15.5. The second-order valence-electron chi connectivity index (χ2n) is 13.4. The summed E-state index contributed by atoms with van der Waals surface area (Å²) in [6.07, 6.45) is 0. The van der Waals surface area contributed by atoms with E-state index in [4.69, 9.17) is 0 Å². The lowest BCUT2D eigenvalue weighted by Crippen LogP contribution is -2.09. The van der Waals surface area contributed by atoms with E-state index in [9.17, 15) is 0 Å². The fourth-order valence-electron chi connectivity index (χ4n) is 7.40. The van der Waals surface area contributed by atoms with Gasteiger partial charge < -0.3 is 4.90 Å². The Hall–Kier alpha value is -6.96. The molecule has 0 fully saturated rings. The van der Waals surface area contributed by atoms with Gasteiger partial charge in [-0.3, -0.25) is 0 Å². The van der Waals surface area contributed by atoms with Gasteiger partial charge in [0.1, 0.15) is 0 Å². The molecule has 0 atom stereocenters. The van der Waals surface area contributed by atoms with E-state index in [1.165, 1.54) is 66.4 Å². The molecule has 9 aromatic rings. The lowest BCUT2D eigenvalue weighted by atomic mass is 9.91. The van der Waals surface area contributed by atoms with Gasteiger partial charge in [-0.1, -0.05) is 182 Å². The molecule has 0 radical (unpaired) electrons. The summed E-state index contributed by atoms with van der Waals surface area (Å²) >= 11 is 0. The number of nitrogens with zero attached hydrogens (tertiary/aromatic N) is 1. The van der Waals surface area contributed by atoms with Crippen LogP contribution in [0.25, 0.3) is 66.4 Å². The minimum Gasteiger partial charge on any atom is -0.311 e. The minimum absolute atomic E-state index is 1.11. The third-order valence-corrected chi connectivity index (χ3v) is 10.1. The first-order valence-electron chi connectivity index (χ1n) is 18.2. The normalized spacial score (nSPS) is 11.0. The molecule has 1 heteroatoms. The summed E-state index contributed by atoms with van der Waals surface area (Å²) in [7, 11) is 0. The Labute approximate surface area is 311 Å². The van der Waals surface area contributed by atoms with Crippen molar-refractivity contribution in [2.45, 2.75) is 0 Å². The van der Waals surface area contributed by atoms with Crippen molar-refractivity contribution in [3.63, 3.8) is 0 Å². The first-order valence-corrected chi connectivity index (χ1v) is 18.2. The van der Waals surface area contributed by atoms with Crippen LogP contribution < -0.4 is 4.90 Å². The Kier molecular flexibility index (Phi) is 8.66. The molecule has 0 aliphatic heterocycles. The Bertz CT molecular complexity index is 2600. The van der Waals surface area contributed by atoms with Gasteiger partial charge in [0.15, 0.2) is 0 Å². The first-order chi connectivity index (χ1) is 26.3. The molecule has 9 rings (SSSR count). The van der Waals surface area contributed by atoms with E-state index in [-0.39, 0.29) is 0 Å². The molecule has 0 saturated heterocycles. The Morgan fingerprint density at radius 2 is 0.642 bits per heavy atom. The van der Waals surface area contributed by atoms with Crippen LogP contribution in [-0.2, 0) is 0 Å². The molecule has 0 saturated carbocycles. The second-order valence-corrected chi connectivity index (χ2v) is 13.4. The molecule has 53 heavy (non-hydrogen) atoms. The maximum atomic E-state index is 2.33. The molecule has 0 amide bonds. The van der Waals surface area contributed by atoms with Crippen molar-refractivity contribution in [2.75, 3.05) is 4.90 Å². The highest BCUT2D eigenvalue weighted by atomic mass is 15.1. The van der Waals surface area contributed by atoms with Crippen LogP contribution in [0.3, 0.4) is 0 Å². The molecular weight excluding hydrogens is 639 g/mol. The average Bonchev–Trinajstić information content (AvgIpc) is 3.25. The van der Waals surface area contributed by atoms with Gasteiger partial charge in [0.2, 0.25) is 0 Å². The zero-order chi connectivity index (χ0) is 35.4. The van der Waals surface area contributed by atoms with E-state index in [0.717, 1.165) is 17.1 Å². The highest BCUT2D eigenvalue weighted by molar-refractivity contribution is 5.97. The van der Waals surface area contributed by atoms with Crippen LogP contribution in [0.15, 0.2) is 224 Å². The van der Waals surface area contributed by atoms with Crippen LogP contribution in [0.1, 0.15) is 0 Å². The molecule has 0 aromatic heterocycles. The number of para-hydroxylation sites is 1. The number of hydrogen-bond donors (Lipinski definition) is 0. The molecule has 0 N–H and O–H groups in total. The maximum absolute atomic E-state index is 2.33. The molecule has 0 aliphatic carbocycles. The monoisotopic (exact) mass is 675 g/mol. The van der Waals surface area contributed by atoms with Crippen LogP contribution in [0.5, 0.6) is 0 Å². The van der Waals surface area contributed by atoms with Crippen molar-refractivity contribution >= 4 is 27.8 Å². The topological polar surface area (TPSA) is 3.24 Å². The number of fused-ring (bicyclic) bond motifs is 1. The lowest BCUT2D eigenvalue weighted by Gasteiger charge is -2.26. The van der Waals surface area contributed by atoms with Gasteiger partial charge in [0.05, 0.1) is 0 Å². The van der Waals surface area contributed by atoms with E-state index < -0.39 is 0 Å². The van der Waals surface area contributed by atoms with E-state index >= 15 is 0 Å². The van der Waals surface area contributed by atoms with E-state index in [1.807, 2.05) is 0 Å². The molecule has 0 spiro atoms. The third kappa shape index (κ3) is 6.53. The van der Waals surface area contributed by atoms with Crippen molar-refractivity contribution in [3.8, 4) is 55.6 Å². The largest absolute Gasteiger partial charge is 0.311 e. The SMILES string of the molecule is c1ccc(-c2ccc(-c3ccc(N(c4ccccc4)c4ccc(-c5ccc(-c6cccc7ccccc67)cc5)cc4)cc3)cc2-c2ccccc2)cc1. The lowest BCUT2D eigenvalue weighted by molar-refractivity contribution is 1.28. The Morgan fingerprint density at radius 3 is 1.26 bits per heavy atom. The van der Waals surface area contributed by atoms with E-state index in [2.05, 4.69) is 229 Å². The predicted octanol–water partition coefficient (Wildman–Crippen LogP) is 14.6. The zero-order valence-electron chi connectivity index (χ0n) is 29.3. The van der Waals surface area contributed by atoms with Gasteiger partial charge in [-0.05, 0) is 109 Å². The first kappa shape index (κ1) is 32.0. The summed E-state index contributed by atoms with van der Waals surface area (Å²) in [4.78, 5) is 2.32. The highest BCUT2D eigenvalue weighted by Gasteiger charge is 2.15. The summed E-state index contributed by atoms with van der Waals surface area (Å²) in [6, 6.07) is 80.7. The number of benzene rings is 9. The highest BCUT2D eigenvalue weighted by Crippen LogP contribution is 2.39. The predicted molar refractivity (Wildman–Crippen MR) is 226 cm³/mol. The standard InChI is InChI=1S/C52H37N/c1-4-13-41(14-5-1)51-36-31-45(37-52(51)43-15-6-2-7-16-43)40-29-34-48(35-30-40)53(46-19-8-3-9-20-46)47-32-27-39(28-33-47)38-23-25-44(26-24-38)50-22-12-18-42-17-10-11-21-49(42)50/h1-37H. The van der Waals surface area contributed by atoms with Gasteiger partial charge >= 0.3 is 0 Å².